The molecule has 0 aliphatic carbocycles. The predicted octanol–water partition coefficient (Wildman–Crippen LogP) is 3.56. The lowest BCUT2D eigenvalue weighted by Crippen LogP contribution is -2.30. The zero-order valence-electron chi connectivity index (χ0n) is 11.4. The summed E-state index contributed by atoms with van der Waals surface area (Å²) in [6.07, 6.45) is 0. The molecule has 0 aliphatic heterocycles. The van der Waals surface area contributed by atoms with Crippen molar-refractivity contribution >= 4 is 17.2 Å². The molecule has 0 spiro atoms. The summed E-state index contributed by atoms with van der Waals surface area (Å²) in [5.74, 6) is -1.38. The molecule has 0 bridgehead atoms. The van der Waals surface area contributed by atoms with Gasteiger partial charge in [-0.05, 0) is 32.0 Å². The number of hydrogen-bond acceptors (Lipinski definition) is 3. The Labute approximate surface area is 119 Å². The van der Waals surface area contributed by atoms with Crippen LogP contribution in [0.25, 0.3) is 0 Å². The summed E-state index contributed by atoms with van der Waals surface area (Å²) < 4.78 is 26.9. The van der Waals surface area contributed by atoms with E-state index in [0.717, 1.165) is 23.2 Å². The van der Waals surface area contributed by atoms with Gasteiger partial charge in [-0.1, -0.05) is 0 Å². The first-order valence-electron chi connectivity index (χ1n) is 6.04. The number of carbonyl (C=O) groups excluding carboxylic acids is 1. The van der Waals surface area contributed by atoms with Gasteiger partial charge in [0.2, 0.25) is 0 Å². The van der Waals surface area contributed by atoms with E-state index < -0.39 is 17.7 Å². The average molecular weight is 296 g/mol. The Morgan fingerprint density at radius 1 is 1.40 bits per heavy atom. The van der Waals surface area contributed by atoms with Crippen LogP contribution in [0.15, 0.2) is 23.6 Å². The molecule has 106 valence electrons. The molecule has 0 radical (unpaired) electrons. The number of thiazole rings is 1. The van der Waals surface area contributed by atoms with Gasteiger partial charge in [-0.25, -0.2) is 13.8 Å². The van der Waals surface area contributed by atoms with Crippen LogP contribution >= 0.6 is 11.3 Å². The third-order valence-electron chi connectivity index (χ3n) is 3.15. The number of aromatic nitrogens is 1. The minimum Gasteiger partial charge on any atom is -0.333 e. The minimum atomic E-state index is -0.583. The lowest BCUT2D eigenvalue weighted by atomic mass is 10.1. The smallest absolute Gasteiger partial charge is 0.273 e. The standard InChI is InChI=1S/C14H14F2N2OS/c1-8(11-6-10(15)4-5-12(11)16)18(3)14(19)13-7-20-9(2)17-13/h4-8H,1-3H3. The molecule has 1 aromatic carbocycles. The first kappa shape index (κ1) is 14.6. The summed E-state index contributed by atoms with van der Waals surface area (Å²) >= 11 is 1.37. The summed E-state index contributed by atoms with van der Waals surface area (Å²) in [4.78, 5) is 17.7. The Hall–Kier alpha value is -1.82. The lowest BCUT2D eigenvalue weighted by Gasteiger charge is -2.25. The molecule has 2 rings (SSSR count). The fourth-order valence-corrected chi connectivity index (χ4v) is 2.45. The van der Waals surface area contributed by atoms with Crippen LogP contribution in [0.3, 0.4) is 0 Å². The molecule has 1 heterocycles. The highest BCUT2D eigenvalue weighted by molar-refractivity contribution is 7.09. The molecule has 20 heavy (non-hydrogen) atoms. The highest BCUT2D eigenvalue weighted by atomic mass is 32.1. The van der Waals surface area contributed by atoms with Gasteiger partial charge in [0.25, 0.3) is 5.91 Å². The summed E-state index contributed by atoms with van der Waals surface area (Å²) in [6.45, 7) is 3.45. The zero-order valence-corrected chi connectivity index (χ0v) is 12.2. The maximum atomic E-state index is 13.7. The number of hydrogen-bond donors (Lipinski definition) is 0. The first-order valence-corrected chi connectivity index (χ1v) is 6.92. The Morgan fingerprint density at radius 2 is 2.10 bits per heavy atom. The molecule has 0 saturated heterocycles. The lowest BCUT2D eigenvalue weighted by molar-refractivity contribution is 0.0735. The van der Waals surface area contributed by atoms with Gasteiger partial charge >= 0.3 is 0 Å². The van der Waals surface area contributed by atoms with Crippen LogP contribution < -0.4 is 0 Å². The van der Waals surface area contributed by atoms with Crippen molar-refractivity contribution in [1.29, 1.82) is 0 Å². The number of halogens is 2. The maximum absolute atomic E-state index is 13.7. The second-order valence-electron chi connectivity index (χ2n) is 4.51. The van der Waals surface area contributed by atoms with Crippen molar-refractivity contribution in [3.05, 3.63) is 51.5 Å². The molecule has 3 nitrogen and oxygen atoms in total. The third kappa shape index (κ3) is 2.85. The number of benzene rings is 1. The fraction of sp³-hybridized carbons (Fsp3) is 0.286. The monoisotopic (exact) mass is 296 g/mol. The van der Waals surface area contributed by atoms with E-state index in [1.807, 2.05) is 0 Å². The second kappa shape index (κ2) is 5.66. The topological polar surface area (TPSA) is 33.2 Å². The predicted molar refractivity (Wildman–Crippen MR) is 73.7 cm³/mol. The average Bonchev–Trinajstić information content (AvgIpc) is 2.85. The van der Waals surface area contributed by atoms with Gasteiger partial charge < -0.3 is 4.90 Å². The summed E-state index contributed by atoms with van der Waals surface area (Å²) in [7, 11) is 1.55. The van der Waals surface area contributed by atoms with Gasteiger partial charge in [-0.3, -0.25) is 4.79 Å². The number of carbonyl (C=O) groups is 1. The Balaban J connectivity index is 2.26. The highest BCUT2D eigenvalue weighted by Crippen LogP contribution is 2.24. The van der Waals surface area contributed by atoms with E-state index in [4.69, 9.17) is 0 Å². The molecule has 0 aliphatic rings. The van der Waals surface area contributed by atoms with Crippen molar-refractivity contribution in [1.82, 2.24) is 9.88 Å². The van der Waals surface area contributed by atoms with Crippen molar-refractivity contribution in [2.75, 3.05) is 7.05 Å². The molecule has 0 saturated carbocycles. The number of rotatable bonds is 3. The van der Waals surface area contributed by atoms with E-state index in [9.17, 15) is 13.6 Å². The highest BCUT2D eigenvalue weighted by Gasteiger charge is 2.23. The molecule has 1 atom stereocenters. The molecule has 1 unspecified atom stereocenters. The Morgan fingerprint density at radius 3 is 2.70 bits per heavy atom. The SMILES string of the molecule is Cc1nc(C(=O)N(C)C(C)c2cc(F)ccc2F)cs1. The number of aryl methyl sites for hydroxylation is 1. The quantitative estimate of drug-likeness (QED) is 0.867. The van der Waals surface area contributed by atoms with Crippen molar-refractivity contribution in [2.24, 2.45) is 0 Å². The van der Waals surface area contributed by atoms with Crippen molar-refractivity contribution in [3.8, 4) is 0 Å². The summed E-state index contributed by atoms with van der Waals surface area (Å²) in [5, 5.41) is 2.44. The van der Waals surface area contributed by atoms with Gasteiger partial charge in [-0.2, -0.15) is 0 Å². The molecule has 1 aromatic heterocycles. The molecular weight excluding hydrogens is 282 g/mol. The van der Waals surface area contributed by atoms with Crippen LogP contribution in [-0.2, 0) is 0 Å². The van der Waals surface area contributed by atoms with Crippen molar-refractivity contribution in [3.63, 3.8) is 0 Å². The number of amides is 1. The molecular formula is C14H14F2N2OS. The van der Waals surface area contributed by atoms with E-state index in [1.54, 1.807) is 26.3 Å². The van der Waals surface area contributed by atoms with Crippen LogP contribution in [-0.4, -0.2) is 22.8 Å². The van der Waals surface area contributed by atoms with Crippen molar-refractivity contribution in [2.45, 2.75) is 19.9 Å². The third-order valence-corrected chi connectivity index (χ3v) is 3.92. The van der Waals surface area contributed by atoms with E-state index in [1.165, 1.54) is 16.2 Å². The summed E-state index contributed by atoms with van der Waals surface area (Å²) in [6, 6.07) is 2.64. The fourth-order valence-electron chi connectivity index (χ4n) is 1.86. The van der Waals surface area contributed by atoms with Gasteiger partial charge in [-0.15, -0.1) is 11.3 Å². The zero-order chi connectivity index (χ0) is 14.9. The van der Waals surface area contributed by atoms with Crippen LogP contribution in [0, 0.1) is 18.6 Å². The van der Waals surface area contributed by atoms with E-state index >= 15 is 0 Å². The first-order chi connectivity index (χ1) is 9.40. The van der Waals surface area contributed by atoms with Crippen LogP contribution in [0.4, 0.5) is 8.78 Å². The van der Waals surface area contributed by atoms with E-state index in [0.29, 0.717) is 5.69 Å². The van der Waals surface area contributed by atoms with Gasteiger partial charge in [0.15, 0.2) is 0 Å². The normalized spacial score (nSPS) is 12.2. The molecule has 1 amide bonds. The minimum absolute atomic E-state index is 0.146. The molecule has 0 N–H and O–H groups in total. The largest absolute Gasteiger partial charge is 0.333 e. The van der Waals surface area contributed by atoms with Crippen LogP contribution in [0.5, 0.6) is 0 Å². The van der Waals surface area contributed by atoms with E-state index in [-0.39, 0.29) is 11.5 Å². The van der Waals surface area contributed by atoms with E-state index in [2.05, 4.69) is 4.98 Å². The van der Waals surface area contributed by atoms with Crippen molar-refractivity contribution < 1.29 is 13.6 Å². The van der Waals surface area contributed by atoms with Gasteiger partial charge in [0, 0.05) is 18.0 Å². The Kier molecular flexibility index (Phi) is 4.13. The van der Waals surface area contributed by atoms with Gasteiger partial charge in [0.1, 0.15) is 17.3 Å². The summed E-state index contributed by atoms with van der Waals surface area (Å²) in [5.41, 5.74) is 0.464. The molecule has 0 fully saturated rings. The van der Waals surface area contributed by atoms with Crippen LogP contribution in [0.1, 0.15) is 34.0 Å². The van der Waals surface area contributed by atoms with Crippen LogP contribution in [0.2, 0.25) is 0 Å². The second-order valence-corrected chi connectivity index (χ2v) is 5.57. The number of nitrogens with zero attached hydrogens (tertiary/aromatic N) is 2. The van der Waals surface area contributed by atoms with Gasteiger partial charge in [0.05, 0.1) is 11.0 Å². The molecule has 2 aromatic rings. The maximum Gasteiger partial charge on any atom is 0.273 e. The Bertz CT molecular complexity index is 642. The molecule has 6 heteroatoms.